The number of anilines is 3. The van der Waals surface area contributed by atoms with Crippen LogP contribution in [-0.4, -0.2) is 37.4 Å². The second kappa shape index (κ2) is 13.9. The van der Waals surface area contributed by atoms with Crippen LogP contribution in [-0.2, 0) is 20.2 Å². The van der Waals surface area contributed by atoms with E-state index in [4.69, 9.17) is 0 Å². The predicted molar refractivity (Wildman–Crippen MR) is 180 cm³/mol. The summed E-state index contributed by atoms with van der Waals surface area (Å²) in [4.78, 5) is 12.4. The van der Waals surface area contributed by atoms with Gasteiger partial charge in [0.25, 0.3) is 20.2 Å². The first-order chi connectivity index (χ1) is 22.4. The van der Waals surface area contributed by atoms with Gasteiger partial charge in [0.1, 0.15) is 4.91 Å². The largest absolute Gasteiger partial charge is 1.00 e. The summed E-state index contributed by atoms with van der Waals surface area (Å²) in [5.41, 5.74) is 5.89. The predicted octanol–water partition coefficient (Wildman–Crippen LogP) is 4.45. The number of hydrogen-bond acceptors (Lipinski definition) is 10. The minimum Gasteiger partial charge on any atom is -0.356 e. The molecule has 15 heteroatoms. The number of Topliss-reactive ketones (excluding diaryl/α,β-unsaturated/α-hetero) is 1. The minimum absolute atomic E-state index is 0. The van der Waals surface area contributed by atoms with Crippen LogP contribution in [0.5, 0.6) is 0 Å². The SMILES string of the molecule is Cc1ccc(N=Nc2ccc(N/N=C3/C(=O)c4ccc(Nc5ccccc5)cc4C=C3S(=O)(=O)O)c3cc(S(=O)(=O)O)ccc23)cc1.[Na+]. The van der Waals surface area contributed by atoms with Crippen LogP contribution in [0.3, 0.4) is 0 Å². The van der Waals surface area contributed by atoms with Crippen molar-refractivity contribution >= 4 is 77.0 Å². The Bertz CT molecular complexity index is 2380. The van der Waals surface area contributed by atoms with E-state index in [1.54, 1.807) is 30.3 Å². The Morgan fingerprint density at radius 2 is 1.44 bits per heavy atom. The van der Waals surface area contributed by atoms with Gasteiger partial charge in [0.2, 0.25) is 5.78 Å². The van der Waals surface area contributed by atoms with Crippen molar-refractivity contribution in [2.75, 3.05) is 10.7 Å². The van der Waals surface area contributed by atoms with Crippen LogP contribution in [0, 0.1) is 6.92 Å². The van der Waals surface area contributed by atoms with Crippen LogP contribution in [0.15, 0.2) is 128 Å². The monoisotopic (exact) mass is 690 g/mol. The summed E-state index contributed by atoms with van der Waals surface area (Å²) in [5.74, 6) is -0.777. The summed E-state index contributed by atoms with van der Waals surface area (Å²) in [7, 11) is -9.54. The number of fused-ring (bicyclic) bond motifs is 2. The molecule has 0 amide bonds. The van der Waals surface area contributed by atoms with Crippen molar-refractivity contribution in [3.63, 3.8) is 0 Å². The molecule has 5 aromatic carbocycles. The molecule has 0 aliphatic heterocycles. The van der Waals surface area contributed by atoms with Gasteiger partial charge in [-0.3, -0.25) is 19.3 Å². The van der Waals surface area contributed by atoms with Crippen molar-refractivity contribution in [2.45, 2.75) is 11.8 Å². The molecule has 6 rings (SSSR count). The van der Waals surface area contributed by atoms with E-state index in [0.29, 0.717) is 22.4 Å². The molecule has 0 heterocycles. The first kappa shape index (κ1) is 34.8. The molecule has 0 radical (unpaired) electrons. The van der Waals surface area contributed by atoms with Gasteiger partial charge in [-0.2, -0.15) is 27.1 Å². The van der Waals surface area contributed by atoms with Gasteiger partial charge >= 0.3 is 29.6 Å². The Kier molecular flexibility index (Phi) is 10.1. The Balaban J connectivity index is 0.00000451. The molecule has 1 aliphatic carbocycles. The van der Waals surface area contributed by atoms with Gasteiger partial charge < -0.3 is 5.32 Å². The van der Waals surface area contributed by atoms with Crippen molar-refractivity contribution in [1.29, 1.82) is 0 Å². The van der Waals surface area contributed by atoms with Crippen LogP contribution in [0.4, 0.5) is 28.4 Å². The quantitative estimate of drug-likeness (QED) is 0.0790. The third kappa shape index (κ3) is 7.61. The number of rotatable bonds is 8. The number of hydrazone groups is 1. The zero-order valence-electron chi connectivity index (χ0n) is 25.5. The van der Waals surface area contributed by atoms with E-state index in [0.717, 1.165) is 17.3 Å². The number of carbonyl (C=O) groups is 1. The van der Waals surface area contributed by atoms with Crippen LogP contribution in [0.25, 0.3) is 16.8 Å². The first-order valence-electron chi connectivity index (χ1n) is 13.9. The van der Waals surface area contributed by atoms with E-state index in [1.165, 1.54) is 30.3 Å². The number of hydrogen-bond donors (Lipinski definition) is 4. The van der Waals surface area contributed by atoms with Gasteiger partial charge in [0.05, 0.1) is 22.0 Å². The maximum absolute atomic E-state index is 13.6. The fourth-order valence-electron chi connectivity index (χ4n) is 4.90. The summed E-state index contributed by atoms with van der Waals surface area (Å²) < 4.78 is 68.6. The van der Waals surface area contributed by atoms with Gasteiger partial charge in [-0.25, -0.2) is 0 Å². The van der Waals surface area contributed by atoms with Gasteiger partial charge in [0, 0.05) is 27.7 Å². The second-order valence-electron chi connectivity index (χ2n) is 10.5. The van der Waals surface area contributed by atoms with Gasteiger partial charge in [-0.05, 0) is 85.3 Å². The third-order valence-electron chi connectivity index (χ3n) is 7.23. The van der Waals surface area contributed by atoms with Crippen molar-refractivity contribution in [3.05, 3.63) is 125 Å². The molecule has 0 aromatic heterocycles. The first-order valence-corrected chi connectivity index (χ1v) is 16.8. The number of nitrogens with zero attached hydrogens (tertiary/aromatic N) is 3. The van der Waals surface area contributed by atoms with E-state index < -0.39 is 41.5 Å². The Hall–Kier alpha value is -4.54. The fraction of sp³-hybridized carbons (Fsp3) is 0.0303. The number of nitrogens with one attached hydrogen (secondary N) is 2. The number of para-hydroxylation sites is 1. The molecular weight excluding hydrogens is 666 g/mol. The summed E-state index contributed by atoms with van der Waals surface area (Å²) in [6.45, 7) is 1.94. The molecule has 48 heavy (non-hydrogen) atoms. The molecule has 0 bridgehead atoms. The van der Waals surface area contributed by atoms with Crippen LogP contribution < -0.4 is 40.3 Å². The standard InChI is InChI=1S/C33H25N5O7S2.Na/c1-20-7-9-23(10-8-20)35-36-29-15-16-30(28-19-25(46(40,41)42)12-14-27(28)29)37-38-32-31(47(43,44)45)18-21-17-24(11-13-26(21)33(32)39)34-22-5-3-2-4-6-22;/h2-19,34,37H,1H3,(H,40,41,42)(H,43,44,45);/q;+1/b36-35?,38-32+;. The summed E-state index contributed by atoms with van der Waals surface area (Å²) in [5, 5.41) is 16.4. The van der Waals surface area contributed by atoms with E-state index in [9.17, 15) is 30.7 Å². The number of allylic oxidation sites excluding steroid dienone is 1. The molecule has 0 saturated heterocycles. The van der Waals surface area contributed by atoms with Crippen LogP contribution >= 0.6 is 0 Å². The van der Waals surface area contributed by atoms with Crippen molar-refractivity contribution in [2.24, 2.45) is 15.3 Å². The Morgan fingerprint density at radius 3 is 2.12 bits per heavy atom. The van der Waals surface area contributed by atoms with Crippen LogP contribution in [0.1, 0.15) is 21.5 Å². The molecule has 5 aromatic rings. The summed E-state index contributed by atoms with van der Waals surface area (Å²) in [6, 6.07) is 28.1. The number of carbonyl (C=O) groups excluding carboxylic acids is 1. The molecule has 0 saturated carbocycles. The normalized spacial score (nSPS) is 14.0. The van der Waals surface area contributed by atoms with E-state index in [1.807, 2.05) is 49.4 Å². The number of benzene rings is 5. The van der Waals surface area contributed by atoms with E-state index in [2.05, 4.69) is 26.1 Å². The van der Waals surface area contributed by atoms with Crippen LogP contribution in [0.2, 0.25) is 0 Å². The summed E-state index contributed by atoms with van der Waals surface area (Å²) in [6.07, 6.45) is 1.14. The zero-order chi connectivity index (χ0) is 33.3. The number of ketones is 1. The van der Waals surface area contributed by atoms with Gasteiger partial charge in [-0.15, -0.1) is 5.11 Å². The van der Waals surface area contributed by atoms with E-state index in [-0.39, 0.29) is 51.8 Å². The molecule has 0 unspecified atom stereocenters. The number of azo groups is 1. The summed E-state index contributed by atoms with van der Waals surface area (Å²) >= 11 is 0. The third-order valence-corrected chi connectivity index (χ3v) is 8.95. The Labute approximate surface area is 298 Å². The van der Waals surface area contributed by atoms with Gasteiger partial charge in [-0.1, -0.05) is 42.0 Å². The molecule has 0 spiro atoms. The number of aryl methyl sites for hydroxylation is 1. The fourth-order valence-corrected chi connectivity index (χ4v) is 6.07. The average Bonchev–Trinajstić information content (AvgIpc) is 3.03. The molecule has 1 aliphatic rings. The molecular formula is C33H25N5NaO7S2+. The molecule has 0 atom stereocenters. The van der Waals surface area contributed by atoms with Crippen molar-refractivity contribution in [1.82, 2.24) is 0 Å². The molecule has 0 fully saturated rings. The minimum atomic E-state index is -4.93. The average molecular weight is 691 g/mol. The van der Waals surface area contributed by atoms with Crippen molar-refractivity contribution < 1.29 is 60.3 Å². The molecule has 12 nitrogen and oxygen atoms in total. The van der Waals surface area contributed by atoms with Crippen molar-refractivity contribution in [3.8, 4) is 0 Å². The Morgan fingerprint density at radius 1 is 0.708 bits per heavy atom. The topological polar surface area (TPSA) is 187 Å². The maximum Gasteiger partial charge on any atom is 1.00 e. The van der Waals surface area contributed by atoms with E-state index >= 15 is 0 Å². The molecule has 236 valence electrons. The maximum atomic E-state index is 13.6. The second-order valence-corrected chi connectivity index (χ2v) is 13.3. The zero-order valence-corrected chi connectivity index (χ0v) is 29.1. The smallest absolute Gasteiger partial charge is 0.356 e. The van der Waals surface area contributed by atoms with Gasteiger partial charge in [0.15, 0.2) is 5.71 Å². The molecule has 4 N–H and O–H groups in total.